The van der Waals surface area contributed by atoms with Gasteiger partial charge in [-0.3, -0.25) is 4.18 Å². The van der Waals surface area contributed by atoms with Crippen LogP contribution < -0.4 is 0 Å². The van der Waals surface area contributed by atoms with Gasteiger partial charge in [0.25, 0.3) is 5.16 Å². The Kier molecular flexibility index (Phi) is 1.28. The van der Waals surface area contributed by atoms with Gasteiger partial charge in [0.05, 0.1) is 0 Å². The normalized spacial score (nSPS) is 25.1. The Morgan fingerprint density at radius 1 is 1.44 bits per heavy atom. The van der Waals surface area contributed by atoms with E-state index in [1.54, 1.807) is 0 Å². The number of hydrogen-bond acceptors (Lipinski definition) is 3. The Labute approximate surface area is 50.1 Å². The van der Waals surface area contributed by atoms with E-state index in [0.717, 1.165) is 0 Å². The first-order valence-electron chi connectivity index (χ1n) is 1.97. The van der Waals surface area contributed by atoms with Gasteiger partial charge >= 0.3 is 10.1 Å². The molecule has 0 aromatic heterocycles. The second kappa shape index (κ2) is 1.74. The van der Waals surface area contributed by atoms with Gasteiger partial charge in [-0.2, -0.15) is 12.8 Å². The summed E-state index contributed by atoms with van der Waals surface area (Å²) < 4.78 is 47.6. The Morgan fingerprint density at radius 3 is 2.11 bits per heavy atom. The number of rotatable bonds is 0. The summed E-state index contributed by atoms with van der Waals surface area (Å²) in [6, 6.07) is 0. The topological polar surface area (TPSA) is 43.4 Å². The van der Waals surface area contributed by atoms with Gasteiger partial charge in [0.1, 0.15) is 6.61 Å². The van der Waals surface area contributed by atoms with Crippen molar-refractivity contribution >= 4 is 10.1 Å². The van der Waals surface area contributed by atoms with Crippen LogP contribution in [0, 0.1) is 0 Å². The average Bonchev–Trinajstić information content (AvgIpc) is 1.97. The molecule has 0 amide bonds. The van der Waals surface area contributed by atoms with Gasteiger partial charge in [-0.25, -0.2) is 4.39 Å². The maximum absolute atomic E-state index is 11.9. The summed E-state index contributed by atoms with van der Waals surface area (Å²) in [7, 11) is -4.34. The van der Waals surface area contributed by atoms with Crippen molar-refractivity contribution in [2.24, 2.45) is 0 Å². The first kappa shape index (κ1) is 6.63. The summed E-state index contributed by atoms with van der Waals surface area (Å²) >= 11 is 0. The van der Waals surface area contributed by atoms with Gasteiger partial charge in [-0.05, 0) is 0 Å². The molecule has 9 heavy (non-hydrogen) atoms. The zero-order valence-corrected chi connectivity index (χ0v) is 4.91. The lowest BCUT2D eigenvalue weighted by molar-refractivity contribution is 0.342. The standard InChI is InChI=1S/C3H2F2O3S/c4-2-1-8-9(6,7)3(2)5/h1H2. The third-order valence-corrected chi connectivity index (χ3v) is 1.86. The van der Waals surface area contributed by atoms with Crippen LogP contribution in [0.1, 0.15) is 0 Å². The molecule has 0 N–H and O–H groups in total. The molecule has 0 bridgehead atoms. The quantitative estimate of drug-likeness (QED) is 0.478. The van der Waals surface area contributed by atoms with Crippen molar-refractivity contribution in [3.63, 3.8) is 0 Å². The summed E-state index contributed by atoms with van der Waals surface area (Å²) in [5.41, 5.74) is 0. The molecule has 0 saturated heterocycles. The molecule has 52 valence electrons. The van der Waals surface area contributed by atoms with E-state index in [1.807, 2.05) is 0 Å². The first-order chi connectivity index (χ1) is 4.04. The molecule has 0 saturated carbocycles. The molecule has 0 fully saturated rings. The van der Waals surface area contributed by atoms with Crippen molar-refractivity contribution in [3.8, 4) is 0 Å². The van der Waals surface area contributed by atoms with E-state index < -0.39 is 27.7 Å². The van der Waals surface area contributed by atoms with E-state index >= 15 is 0 Å². The molecule has 0 atom stereocenters. The minimum absolute atomic E-state index is 0.811. The fourth-order valence-corrected chi connectivity index (χ4v) is 1.07. The number of halogens is 2. The predicted molar refractivity (Wildman–Crippen MR) is 24.1 cm³/mol. The van der Waals surface area contributed by atoms with E-state index in [2.05, 4.69) is 4.18 Å². The minimum Gasteiger partial charge on any atom is -0.257 e. The van der Waals surface area contributed by atoms with Crippen LogP contribution in [0.15, 0.2) is 11.0 Å². The van der Waals surface area contributed by atoms with Crippen LogP contribution in [0.25, 0.3) is 0 Å². The molecular weight excluding hydrogens is 154 g/mol. The highest BCUT2D eigenvalue weighted by molar-refractivity contribution is 7.90. The maximum Gasteiger partial charge on any atom is 0.327 e. The molecule has 0 aliphatic carbocycles. The second-order valence-electron chi connectivity index (χ2n) is 1.39. The predicted octanol–water partition coefficient (Wildman–Crippen LogP) is 0.455. The van der Waals surface area contributed by atoms with Crippen LogP contribution in [-0.4, -0.2) is 15.0 Å². The van der Waals surface area contributed by atoms with Crippen molar-refractivity contribution < 1.29 is 21.4 Å². The molecular formula is C3H2F2O3S. The van der Waals surface area contributed by atoms with E-state index in [9.17, 15) is 17.2 Å². The van der Waals surface area contributed by atoms with E-state index in [4.69, 9.17) is 0 Å². The molecule has 0 aromatic rings. The third kappa shape index (κ3) is 0.948. The summed E-state index contributed by atoms with van der Waals surface area (Å²) in [6.45, 7) is -0.811. The zero-order valence-electron chi connectivity index (χ0n) is 4.10. The van der Waals surface area contributed by atoms with E-state index in [1.165, 1.54) is 0 Å². The number of hydrogen-bond donors (Lipinski definition) is 0. The van der Waals surface area contributed by atoms with Crippen LogP contribution >= 0.6 is 0 Å². The second-order valence-corrected chi connectivity index (χ2v) is 2.90. The monoisotopic (exact) mass is 156 g/mol. The molecule has 1 rings (SSSR count). The van der Waals surface area contributed by atoms with Crippen molar-refractivity contribution in [1.82, 2.24) is 0 Å². The highest BCUT2D eigenvalue weighted by atomic mass is 32.2. The Balaban J connectivity index is 3.17. The van der Waals surface area contributed by atoms with E-state index in [-0.39, 0.29) is 0 Å². The molecule has 1 aliphatic heterocycles. The van der Waals surface area contributed by atoms with Gasteiger partial charge in [0.2, 0.25) is 0 Å². The van der Waals surface area contributed by atoms with Gasteiger partial charge in [0, 0.05) is 0 Å². The Bertz CT molecular complexity index is 252. The fourth-order valence-electron chi connectivity index (χ4n) is 0.373. The fraction of sp³-hybridized carbons (Fsp3) is 0.333. The van der Waals surface area contributed by atoms with E-state index in [0.29, 0.717) is 0 Å². The zero-order chi connectivity index (χ0) is 7.07. The van der Waals surface area contributed by atoms with Crippen molar-refractivity contribution in [3.05, 3.63) is 11.0 Å². The average molecular weight is 156 g/mol. The Hall–Kier alpha value is -0.490. The highest BCUT2D eigenvalue weighted by Crippen LogP contribution is 2.24. The highest BCUT2D eigenvalue weighted by Gasteiger charge is 2.31. The summed E-state index contributed by atoms with van der Waals surface area (Å²) in [5.74, 6) is -1.37. The molecule has 0 aromatic carbocycles. The van der Waals surface area contributed by atoms with Gasteiger partial charge in [-0.1, -0.05) is 0 Å². The summed E-state index contributed by atoms with van der Waals surface area (Å²) in [5, 5.41) is -1.80. The smallest absolute Gasteiger partial charge is 0.257 e. The van der Waals surface area contributed by atoms with Crippen LogP contribution in [0.5, 0.6) is 0 Å². The van der Waals surface area contributed by atoms with Gasteiger partial charge in [-0.15, -0.1) is 0 Å². The summed E-state index contributed by atoms with van der Waals surface area (Å²) in [6.07, 6.45) is 0. The van der Waals surface area contributed by atoms with Crippen molar-refractivity contribution in [2.45, 2.75) is 0 Å². The largest absolute Gasteiger partial charge is 0.327 e. The van der Waals surface area contributed by atoms with Gasteiger partial charge < -0.3 is 0 Å². The van der Waals surface area contributed by atoms with Crippen molar-refractivity contribution in [2.75, 3.05) is 6.61 Å². The molecule has 3 nitrogen and oxygen atoms in total. The third-order valence-electron chi connectivity index (χ3n) is 0.774. The van der Waals surface area contributed by atoms with Crippen LogP contribution in [0.3, 0.4) is 0 Å². The first-order valence-corrected chi connectivity index (χ1v) is 3.38. The maximum atomic E-state index is 11.9. The lowest BCUT2D eigenvalue weighted by Crippen LogP contribution is -1.96. The molecule has 0 radical (unpaired) electrons. The lowest BCUT2D eigenvalue weighted by Gasteiger charge is -1.85. The molecule has 1 heterocycles. The minimum atomic E-state index is -4.34. The molecule has 1 aliphatic rings. The van der Waals surface area contributed by atoms with Crippen LogP contribution in [-0.2, 0) is 14.3 Å². The molecule has 0 unspecified atom stereocenters. The van der Waals surface area contributed by atoms with Crippen molar-refractivity contribution in [1.29, 1.82) is 0 Å². The van der Waals surface area contributed by atoms with Gasteiger partial charge in [0.15, 0.2) is 5.83 Å². The summed E-state index contributed by atoms with van der Waals surface area (Å²) in [4.78, 5) is 0. The molecule has 6 heteroatoms. The Morgan fingerprint density at radius 2 is 2.00 bits per heavy atom. The SMILES string of the molecule is O=S1(=O)OCC(F)=C1F. The van der Waals surface area contributed by atoms with Crippen LogP contribution in [0.2, 0.25) is 0 Å². The van der Waals surface area contributed by atoms with Crippen LogP contribution in [0.4, 0.5) is 8.78 Å². The molecule has 0 spiro atoms. The lowest BCUT2D eigenvalue weighted by atomic mass is 10.6.